The second kappa shape index (κ2) is 7.75. The molecule has 0 fully saturated rings. The van der Waals surface area contributed by atoms with E-state index >= 15 is 0 Å². The van der Waals surface area contributed by atoms with Crippen LogP contribution in [0.2, 0.25) is 0 Å². The standard InChI is InChI=1S/C14H16N4O/c1-18(2)6-7-19-14-5-3-4-13(8-14)17-11-12(9-15)10-16/h3-5,8,11,17H,6-7H2,1-2H3. The SMILES string of the molecule is CN(C)CCOc1cccc(NC=C(C#N)C#N)c1. The third-order valence-electron chi connectivity index (χ3n) is 2.27. The lowest BCUT2D eigenvalue weighted by atomic mass is 10.3. The van der Waals surface area contributed by atoms with Gasteiger partial charge in [-0.25, -0.2) is 0 Å². The number of nitrogens with one attached hydrogen (secondary N) is 1. The second-order valence-corrected chi connectivity index (χ2v) is 4.11. The van der Waals surface area contributed by atoms with Gasteiger partial charge in [-0.3, -0.25) is 0 Å². The van der Waals surface area contributed by atoms with E-state index in [1.807, 2.05) is 43.3 Å². The summed E-state index contributed by atoms with van der Waals surface area (Å²) in [7, 11) is 3.97. The van der Waals surface area contributed by atoms with E-state index in [1.54, 1.807) is 12.1 Å². The molecule has 0 atom stereocenters. The Kier molecular flexibility index (Phi) is 5.94. The van der Waals surface area contributed by atoms with Gasteiger partial charge in [0.25, 0.3) is 0 Å². The number of hydrogen-bond acceptors (Lipinski definition) is 5. The summed E-state index contributed by atoms with van der Waals surface area (Å²) in [5.41, 5.74) is 0.796. The number of nitrogens with zero attached hydrogens (tertiary/aromatic N) is 3. The van der Waals surface area contributed by atoms with E-state index < -0.39 is 0 Å². The Bertz CT molecular complexity index is 507. The van der Waals surface area contributed by atoms with E-state index in [9.17, 15) is 0 Å². The third kappa shape index (κ3) is 5.58. The highest BCUT2D eigenvalue weighted by Crippen LogP contribution is 2.17. The van der Waals surface area contributed by atoms with Crippen LogP contribution in [0.25, 0.3) is 0 Å². The largest absolute Gasteiger partial charge is 0.492 e. The molecule has 1 rings (SSSR count). The number of ether oxygens (including phenoxy) is 1. The Balaban J connectivity index is 2.60. The first kappa shape index (κ1) is 14.6. The maximum absolute atomic E-state index is 8.62. The van der Waals surface area contributed by atoms with Gasteiger partial charge in [0.15, 0.2) is 0 Å². The van der Waals surface area contributed by atoms with Crippen LogP contribution in [0.5, 0.6) is 5.75 Å². The van der Waals surface area contributed by atoms with Crippen molar-refractivity contribution < 1.29 is 4.74 Å². The summed E-state index contributed by atoms with van der Waals surface area (Å²) in [4.78, 5) is 2.04. The molecule has 0 spiro atoms. The predicted molar refractivity (Wildman–Crippen MR) is 73.4 cm³/mol. The Morgan fingerprint density at radius 3 is 2.74 bits per heavy atom. The molecule has 0 aromatic heterocycles. The molecule has 0 saturated carbocycles. The molecule has 0 radical (unpaired) electrons. The Morgan fingerprint density at radius 1 is 1.37 bits per heavy atom. The Hall–Kier alpha value is -2.50. The molecule has 0 aliphatic rings. The van der Waals surface area contributed by atoms with Crippen LogP contribution in [0.4, 0.5) is 5.69 Å². The van der Waals surface area contributed by atoms with E-state index in [1.165, 1.54) is 6.20 Å². The van der Waals surface area contributed by atoms with Gasteiger partial charge in [0.2, 0.25) is 0 Å². The van der Waals surface area contributed by atoms with Crippen molar-refractivity contribution in [2.45, 2.75) is 0 Å². The van der Waals surface area contributed by atoms with Gasteiger partial charge in [0.1, 0.15) is 30.1 Å². The number of benzene rings is 1. The molecule has 1 N–H and O–H groups in total. The minimum atomic E-state index is 0.0268. The zero-order valence-corrected chi connectivity index (χ0v) is 11.1. The zero-order chi connectivity index (χ0) is 14.1. The van der Waals surface area contributed by atoms with Crippen LogP contribution in [0.3, 0.4) is 0 Å². The number of anilines is 1. The number of rotatable bonds is 6. The molecule has 0 saturated heterocycles. The molecule has 1 aromatic carbocycles. The van der Waals surface area contributed by atoms with Crippen LogP contribution >= 0.6 is 0 Å². The normalized spacial score (nSPS) is 9.32. The summed E-state index contributed by atoms with van der Waals surface area (Å²) in [6, 6.07) is 10.9. The van der Waals surface area contributed by atoms with Crippen LogP contribution in [-0.2, 0) is 0 Å². The molecule has 5 nitrogen and oxygen atoms in total. The molecule has 98 valence electrons. The molecule has 0 aliphatic carbocycles. The number of hydrogen-bond donors (Lipinski definition) is 1. The van der Waals surface area contributed by atoms with Crippen molar-refractivity contribution in [2.24, 2.45) is 0 Å². The molecule has 19 heavy (non-hydrogen) atoms. The van der Waals surface area contributed by atoms with Crippen molar-refractivity contribution >= 4 is 5.69 Å². The molecular formula is C14H16N4O. The van der Waals surface area contributed by atoms with Crippen LogP contribution < -0.4 is 10.1 Å². The van der Waals surface area contributed by atoms with Gasteiger partial charge in [0, 0.05) is 24.5 Å². The summed E-state index contributed by atoms with van der Waals surface area (Å²) in [6.45, 7) is 1.44. The third-order valence-corrected chi connectivity index (χ3v) is 2.27. The fraction of sp³-hybridized carbons (Fsp3) is 0.286. The lowest BCUT2D eigenvalue weighted by Gasteiger charge is -2.11. The van der Waals surface area contributed by atoms with Gasteiger partial charge in [-0.05, 0) is 26.2 Å². The summed E-state index contributed by atoms with van der Waals surface area (Å²) in [5, 5.41) is 20.1. The minimum Gasteiger partial charge on any atom is -0.492 e. The van der Waals surface area contributed by atoms with E-state index in [0.717, 1.165) is 18.0 Å². The smallest absolute Gasteiger partial charge is 0.145 e. The van der Waals surface area contributed by atoms with E-state index in [-0.39, 0.29) is 5.57 Å². The highest BCUT2D eigenvalue weighted by molar-refractivity contribution is 5.52. The van der Waals surface area contributed by atoms with E-state index in [2.05, 4.69) is 5.32 Å². The average molecular weight is 256 g/mol. The van der Waals surface area contributed by atoms with Crippen molar-refractivity contribution in [1.29, 1.82) is 10.5 Å². The van der Waals surface area contributed by atoms with Gasteiger partial charge in [0.05, 0.1) is 0 Å². The summed E-state index contributed by atoms with van der Waals surface area (Å²) >= 11 is 0. The lowest BCUT2D eigenvalue weighted by Crippen LogP contribution is -2.19. The summed E-state index contributed by atoms with van der Waals surface area (Å²) in [5.74, 6) is 0.746. The quantitative estimate of drug-likeness (QED) is 0.788. The van der Waals surface area contributed by atoms with Crippen molar-refractivity contribution in [2.75, 3.05) is 32.6 Å². The Morgan fingerprint density at radius 2 is 2.11 bits per heavy atom. The molecule has 0 bridgehead atoms. The van der Waals surface area contributed by atoms with Gasteiger partial charge in [-0.15, -0.1) is 0 Å². The maximum Gasteiger partial charge on any atom is 0.145 e. The topological polar surface area (TPSA) is 72.1 Å². The van der Waals surface area contributed by atoms with Gasteiger partial charge >= 0.3 is 0 Å². The molecule has 0 unspecified atom stereocenters. The van der Waals surface area contributed by atoms with Crippen molar-refractivity contribution in [3.8, 4) is 17.9 Å². The molecule has 1 aromatic rings. The highest BCUT2D eigenvalue weighted by Gasteiger charge is 1.97. The Labute approximate surface area is 113 Å². The monoisotopic (exact) mass is 256 g/mol. The second-order valence-electron chi connectivity index (χ2n) is 4.11. The van der Waals surface area contributed by atoms with Crippen LogP contribution in [0, 0.1) is 22.7 Å². The number of allylic oxidation sites excluding steroid dienone is 1. The lowest BCUT2D eigenvalue weighted by molar-refractivity contribution is 0.261. The first-order chi connectivity index (χ1) is 9.15. The van der Waals surface area contributed by atoms with Gasteiger partial charge in [-0.2, -0.15) is 10.5 Å². The van der Waals surface area contributed by atoms with Gasteiger partial charge < -0.3 is 15.0 Å². The first-order valence-electron chi connectivity index (χ1n) is 5.80. The zero-order valence-electron chi connectivity index (χ0n) is 11.1. The minimum absolute atomic E-state index is 0.0268. The number of nitriles is 2. The molecular weight excluding hydrogens is 240 g/mol. The first-order valence-corrected chi connectivity index (χ1v) is 5.80. The van der Waals surface area contributed by atoms with Crippen LogP contribution in [-0.4, -0.2) is 32.1 Å². The number of likely N-dealkylation sites (N-methyl/N-ethyl adjacent to an activating group) is 1. The summed E-state index contributed by atoms with van der Waals surface area (Å²) < 4.78 is 5.58. The van der Waals surface area contributed by atoms with E-state index in [0.29, 0.717) is 6.61 Å². The predicted octanol–water partition coefficient (Wildman–Crippen LogP) is 1.97. The average Bonchev–Trinajstić information content (AvgIpc) is 2.40. The van der Waals surface area contributed by atoms with E-state index in [4.69, 9.17) is 15.3 Å². The molecule has 5 heteroatoms. The fourth-order valence-electron chi connectivity index (χ4n) is 1.27. The molecule has 0 aliphatic heterocycles. The molecule has 0 heterocycles. The molecule has 0 amide bonds. The van der Waals surface area contributed by atoms with Crippen molar-refractivity contribution in [1.82, 2.24) is 4.90 Å². The fourth-order valence-corrected chi connectivity index (χ4v) is 1.27. The highest BCUT2D eigenvalue weighted by atomic mass is 16.5. The van der Waals surface area contributed by atoms with Crippen LogP contribution in [0.1, 0.15) is 0 Å². The summed E-state index contributed by atoms with van der Waals surface area (Å²) in [6.07, 6.45) is 1.37. The van der Waals surface area contributed by atoms with Crippen molar-refractivity contribution in [3.63, 3.8) is 0 Å². The maximum atomic E-state index is 8.62. The van der Waals surface area contributed by atoms with Gasteiger partial charge in [-0.1, -0.05) is 6.07 Å². The van der Waals surface area contributed by atoms with Crippen molar-refractivity contribution in [3.05, 3.63) is 36.0 Å². The van der Waals surface area contributed by atoms with Crippen LogP contribution in [0.15, 0.2) is 36.0 Å².